The first kappa shape index (κ1) is 12.0. The summed E-state index contributed by atoms with van der Waals surface area (Å²) in [5, 5.41) is 8.98. The molecule has 3 N–H and O–H groups in total. The highest BCUT2D eigenvalue weighted by molar-refractivity contribution is 5.28. The Hall–Kier alpha value is -1.06. The standard InChI is InChI=1S/C12H19NO2/c1-2-11(6-7-13)15-12-5-3-4-10(8-12)9-14/h3-5,8,11,14H,2,6-7,9,13H2,1H3. The molecule has 1 aromatic carbocycles. The van der Waals surface area contributed by atoms with E-state index in [2.05, 4.69) is 6.92 Å². The van der Waals surface area contributed by atoms with Gasteiger partial charge in [0.2, 0.25) is 0 Å². The molecule has 1 unspecified atom stereocenters. The van der Waals surface area contributed by atoms with Gasteiger partial charge in [0, 0.05) is 0 Å². The lowest BCUT2D eigenvalue weighted by Gasteiger charge is -2.17. The molecule has 0 aliphatic heterocycles. The molecule has 0 amide bonds. The van der Waals surface area contributed by atoms with E-state index in [1.54, 1.807) is 0 Å². The van der Waals surface area contributed by atoms with Gasteiger partial charge in [0.15, 0.2) is 0 Å². The second kappa shape index (κ2) is 6.43. The third kappa shape index (κ3) is 3.90. The summed E-state index contributed by atoms with van der Waals surface area (Å²) in [5.41, 5.74) is 6.37. The molecular formula is C12H19NO2. The number of hydrogen-bond acceptors (Lipinski definition) is 3. The van der Waals surface area contributed by atoms with Crippen LogP contribution < -0.4 is 10.5 Å². The normalized spacial score (nSPS) is 12.5. The molecule has 0 bridgehead atoms. The van der Waals surface area contributed by atoms with Gasteiger partial charge >= 0.3 is 0 Å². The number of rotatable bonds is 6. The van der Waals surface area contributed by atoms with Gasteiger partial charge in [-0.2, -0.15) is 0 Å². The molecule has 0 saturated heterocycles. The van der Waals surface area contributed by atoms with Crippen molar-refractivity contribution in [3.05, 3.63) is 29.8 Å². The first-order valence-corrected chi connectivity index (χ1v) is 5.36. The van der Waals surface area contributed by atoms with Gasteiger partial charge in [0.05, 0.1) is 12.7 Å². The third-order valence-electron chi connectivity index (χ3n) is 2.33. The smallest absolute Gasteiger partial charge is 0.120 e. The zero-order valence-electron chi connectivity index (χ0n) is 9.15. The molecule has 0 spiro atoms. The first-order chi connectivity index (χ1) is 7.30. The van der Waals surface area contributed by atoms with Crippen LogP contribution in [0.5, 0.6) is 5.75 Å². The van der Waals surface area contributed by atoms with Gasteiger partial charge in [-0.1, -0.05) is 19.1 Å². The Morgan fingerprint density at radius 3 is 2.87 bits per heavy atom. The Kier molecular flexibility index (Phi) is 5.15. The Morgan fingerprint density at radius 2 is 2.27 bits per heavy atom. The predicted octanol–water partition coefficient (Wildman–Crippen LogP) is 1.69. The molecule has 0 saturated carbocycles. The Morgan fingerprint density at radius 1 is 1.47 bits per heavy atom. The van der Waals surface area contributed by atoms with E-state index in [1.165, 1.54) is 0 Å². The molecule has 0 aliphatic rings. The van der Waals surface area contributed by atoms with Crippen LogP contribution in [-0.2, 0) is 6.61 Å². The minimum absolute atomic E-state index is 0.0465. The van der Waals surface area contributed by atoms with Gasteiger partial charge in [-0.3, -0.25) is 0 Å². The van der Waals surface area contributed by atoms with Gasteiger partial charge in [-0.25, -0.2) is 0 Å². The summed E-state index contributed by atoms with van der Waals surface area (Å²) >= 11 is 0. The monoisotopic (exact) mass is 209 g/mol. The van der Waals surface area contributed by atoms with Crippen LogP contribution in [0.3, 0.4) is 0 Å². The molecule has 0 fully saturated rings. The van der Waals surface area contributed by atoms with E-state index in [9.17, 15) is 0 Å². The first-order valence-electron chi connectivity index (χ1n) is 5.36. The van der Waals surface area contributed by atoms with Crippen molar-refractivity contribution in [2.75, 3.05) is 6.54 Å². The summed E-state index contributed by atoms with van der Waals surface area (Å²) in [6, 6.07) is 7.52. The summed E-state index contributed by atoms with van der Waals surface area (Å²) in [5.74, 6) is 0.807. The maximum absolute atomic E-state index is 8.98. The average Bonchev–Trinajstić information content (AvgIpc) is 2.29. The zero-order valence-corrected chi connectivity index (χ0v) is 9.15. The molecule has 0 aliphatic carbocycles. The van der Waals surface area contributed by atoms with Crippen LogP contribution in [0.1, 0.15) is 25.3 Å². The van der Waals surface area contributed by atoms with E-state index in [0.717, 1.165) is 24.2 Å². The van der Waals surface area contributed by atoms with Crippen LogP contribution >= 0.6 is 0 Å². The molecular weight excluding hydrogens is 190 g/mol. The molecule has 1 aromatic rings. The zero-order chi connectivity index (χ0) is 11.1. The molecule has 3 nitrogen and oxygen atoms in total. The molecule has 15 heavy (non-hydrogen) atoms. The predicted molar refractivity (Wildman–Crippen MR) is 60.7 cm³/mol. The van der Waals surface area contributed by atoms with Crippen molar-refractivity contribution in [3.63, 3.8) is 0 Å². The van der Waals surface area contributed by atoms with E-state index in [0.29, 0.717) is 6.54 Å². The largest absolute Gasteiger partial charge is 0.490 e. The number of ether oxygens (including phenoxy) is 1. The lowest BCUT2D eigenvalue weighted by atomic mass is 10.2. The molecule has 0 aromatic heterocycles. The van der Waals surface area contributed by atoms with Gasteiger partial charge in [0.25, 0.3) is 0 Å². The van der Waals surface area contributed by atoms with Crippen LogP contribution in [-0.4, -0.2) is 17.8 Å². The lowest BCUT2D eigenvalue weighted by molar-refractivity contribution is 0.188. The highest BCUT2D eigenvalue weighted by atomic mass is 16.5. The summed E-state index contributed by atoms with van der Waals surface area (Å²) in [6.07, 6.45) is 1.98. The van der Waals surface area contributed by atoms with Crippen LogP contribution in [0, 0.1) is 0 Å². The highest BCUT2D eigenvalue weighted by Crippen LogP contribution is 2.16. The van der Waals surface area contributed by atoms with Crippen LogP contribution in [0.25, 0.3) is 0 Å². The molecule has 1 atom stereocenters. The van der Waals surface area contributed by atoms with Crippen molar-refractivity contribution in [2.45, 2.75) is 32.5 Å². The fourth-order valence-corrected chi connectivity index (χ4v) is 1.44. The van der Waals surface area contributed by atoms with Crippen LogP contribution in [0.4, 0.5) is 0 Å². The van der Waals surface area contributed by atoms with Gasteiger partial charge in [-0.05, 0) is 37.1 Å². The molecule has 3 heteroatoms. The van der Waals surface area contributed by atoms with Crippen molar-refractivity contribution in [1.82, 2.24) is 0 Å². The summed E-state index contributed by atoms with van der Waals surface area (Å²) in [6.45, 7) is 2.76. The highest BCUT2D eigenvalue weighted by Gasteiger charge is 2.06. The third-order valence-corrected chi connectivity index (χ3v) is 2.33. The van der Waals surface area contributed by atoms with Crippen molar-refractivity contribution in [2.24, 2.45) is 5.73 Å². The summed E-state index contributed by atoms with van der Waals surface area (Å²) < 4.78 is 5.76. The number of aliphatic hydroxyl groups excluding tert-OH is 1. The summed E-state index contributed by atoms with van der Waals surface area (Å²) in [4.78, 5) is 0. The van der Waals surface area contributed by atoms with Crippen molar-refractivity contribution in [1.29, 1.82) is 0 Å². The fourth-order valence-electron chi connectivity index (χ4n) is 1.44. The number of benzene rings is 1. The number of aliphatic hydroxyl groups is 1. The minimum atomic E-state index is 0.0465. The van der Waals surface area contributed by atoms with E-state index >= 15 is 0 Å². The second-order valence-electron chi connectivity index (χ2n) is 3.53. The van der Waals surface area contributed by atoms with Crippen LogP contribution in [0.2, 0.25) is 0 Å². The number of hydrogen-bond donors (Lipinski definition) is 2. The van der Waals surface area contributed by atoms with Crippen molar-refractivity contribution >= 4 is 0 Å². The molecule has 0 radical (unpaired) electrons. The van der Waals surface area contributed by atoms with E-state index in [1.807, 2.05) is 24.3 Å². The molecule has 84 valence electrons. The maximum Gasteiger partial charge on any atom is 0.120 e. The lowest BCUT2D eigenvalue weighted by Crippen LogP contribution is -2.19. The van der Waals surface area contributed by atoms with Crippen LogP contribution in [0.15, 0.2) is 24.3 Å². The Bertz CT molecular complexity index is 289. The Labute approximate surface area is 90.9 Å². The molecule has 0 heterocycles. The van der Waals surface area contributed by atoms with E-state index in [-0.39, 0.29) is 12.7 Å². The number of nitrogens with two attached hydrogens (primary N) is 1. The SMILES string of the molecule is CCC(CCN)Oc1cccc(CO)c1. The summed E-state index contributed by atoms with van der Waals surface area (Å²) in [7, 11) is 0. The van der Waals surface area contributed by atoms with Crippen molar-refractivity contribution < 1.29 is 9.84 Å². The molecule has 1 rings (SSSR count). The maximum atomic E-state index is 8.98. The minimum Gasteiger partial charge on any atom is -0.490 e. The van der Waals surface area contributed by atoms with Gasteiger partial charge < -0.3 is 15.6 Å². The topological polar surface area (TPSA) is 55.5 Å². The second-order valence-corrected chi connectivity index (χ2v) is 3.53. The van der Waals surface area contributed by atoms with Gasteiger partial charge in [0.1, 0.15) is 5.75 Å². The van der Waals surface area contributed by atoms with Crippen molar-refractivity contribution in [3.8, 4) is 5.75 Å². The fraction of sp³-hybridized carbons (Fsp3) is 0.500. The average molecular weight is 209 g/mol. The Balaban J connectivity index is 2.61. The van der Waals surface area contributed by atoms with Gasteiger partial charge in [-0.15, -0.1) is 0 Å². The van der Waals surface area contributed by atoms with E-state index in [4.69, 9.17) is 15.6 Å². The quantitative estimate of drug-likeness (QED) is 0.749. The van der Waals surface area contributed by atoms with E-state index < -0.39 is 0 Å².